The van der Waals surface area contributed by atoms with Crippen molar-refractivity contribution in [2.24, 2.45) is 5.92 Å². The summed E-state index contributed by atoms with van der Waals surface area (Å²) in [5.74, 6) is -0.513. The van der Waals surface area contributed by atoms with Crippen LogP contribution in [0, 0.1) is 5.92 Å². The van der Waals surface area contributed by atoms with Crippen LogP contribution in [0.15, 0.2) is 55.4 Å². The number of nitrogens with zero attached hydrogens (tertiary/aromatic N) is 3. The standard InChI is InChI=1S/C29H35N5O4/c1-17(2)20-8-7-19-9-10-21(31-22(19)13-20)27(36)32-23-14-30-12-11-25(23)34-15-18(3)26(35)24(16-34)33-28(37)38-29(4,5)6/h7-14,18,24,26,35H,1,15-16H2,2-6H3,(H,32,36)(H,33,37)/t18-,24+,26+/m0/s1. The molecule has 1 aliphatic rings. The third-order valence-corrected chi connectivity index (χ3v) is 6.43. The minimum atomic E-state index is -0.746. The lowest BCUT2D eigenvalue weighted by molar-refractivity contribution is 0.0303. The molecule has 0 bridgehead atoms. The molecule has 0 aliphatic carbocycles. The average Bonchev–Trinajstić information content (AvgIpc) is 2.85. The number of nitrogens with one attached hydrogen (secondary N) is 2. The normalized spacial score (nSPS) is 19.6. The van der Waals surface area contributed by atoms with E-state index in [4.69, 9.17) is 4.74 Å². The second-order valence-corrected chi connectivity index (χ2v) is 10.9. The summed E-state index contributed by atoms with van der Waals surface area (Å²) < 4.78 is 5.38. The summed E-state index contributed by atoms with van der Waals surface area (Å²) in [7, 11) is 0. The molecule has 1 aliphatic heterocycles. The predicted octanol–water partition coefficient (Wildman–Crippen LogP) is 4.63. The zero-order chi connectivity index (χ0) is 27.6. The first kappa shape index (κ1) is 27.1. The van der Waals surface area contributed by atoms with Crippen molar-refractivity contribution in [1.82, 2.24) is 15.3 Å². The number of aromatic nitrogens is 2. The van der Waals surface area contributed by atoms with Crippen LogP contribution in [0.1, 0.15) is 50.7 Å². The molecule has 38 heavy (non-hydrogen) atoms. The number of aliphatic hydroxyl groups excluding tert-OH is 1. The van der Waals surface area contributed by atoms with Gasteiger partial charge in [0.1, 0.15) is 11.3 Å². The Kier molecular flexibility index (Phi) is 7.68. The Bertz CT molecular complexity index is 1370. The zero-order valence-electron chi connectivity index (χ0n) is 22.5. The van der Waals surface area contributed by atoms with Crippen molar-refractivity contribution >= 4 is 39.9 Å². The van der Waals surface area contributed by atoms with Crippen LogP contribution in [0.2, 0.25) is 0 Å². The fraction of sp³-hybridized carbons (Fsp3) is 0.379. The van der Waals surface area contributed by atoms with Gasteiger partial charge in [-0.2, -0.15) is 0 Å². The Morgan fingerprint density at radius 3 is 2.61 bits per heavy atom. The molecule has 2 amide bonds. The lowest BCUT2D eigenvalue weighted by Crippen LogP contribution is -2.59. The van der Waals surface area contributed by atoms with Gasteiger partial charge in [-0.05, 0) is 51.5 Å². The molecule has 0 saturated carbocycles. The van der Waals surface area contributed by atoms with E-state index in [0.717, 1.165) is 22.2 Å². The number of hydrogen-bond donors (Lipinski definition) is 3. The van der Waals surface area contributed by atoms with Crippen molar-refractivity contribution in [1.29, 1.82) is 0 Å². The number of carbonyl (C=O) groups is 2. The molecule has 4 rings (SSSR count). The third kappa shape index (κ3) is 6.28. The Morgan fingerprint density at radius 1 is 1.16 bits per heavy atom. The molecule has 3 atom stereocenters. The lowest BCUT2D eigenvalue weighted by Gasteiger charge is -2.42. The van der Waals surface area contributed by atoms with Gasteiger partial charge in [-0.3, -0.25) is 9.78 Å². The SMILES string of the molecule is C=C(C)c1ccc2ccc(C(=O)Nc3cnccc3N3C[C@H](C)[C@@H](O)[C@H](NC(=O)OC(C)(C)C)C3)nc2c1. The summed E-state index contributed by atoms with van der Waals surface area (Å²) in [6, 6.07) is 10.7. The molecule has 3 heterocycles. The largest absolute Gasteiger partial charge is 0.444 e. The van der Waals surface area contributed by atoms with E-state index in [1.165, 1.54) is 0 Å². The highest BCUT2D eigenvalue weighted by Gasteiger charge is 2.36. The van der Waals surface area contributed by atoms with E-state index < -0.39 is 23.8 Å². The van der Waals surface area contributed by atoms with E-state index in [1.807, 2.05) is 43.0 Å². The van der Waals surface area contributed by atoms with Crippen LogP contribution in [0.4, 0.5) is 16.2 Å². The monoisotopic (exact) mass is 517 g/mol. The van der Waals surface area contributed by atoms with Gasteiger partial charge in [0.25, 0.3) is 5.91 Å². The number of pyridine rings is 2. The fourth-order valence-electron chi connectivity index (χ4n) is 4.51. The number of allylic oxidation sites excluding steroid dienone is 1. The first-order valence-electron chi connectivity index (χ1n) is 12.7. The van der Waals surface area contributed by atoms with Crippen molar-refractivity contribution in [3.8, 4) is 0 Å². The molecular weight excluding hydrogens is 482 g/mol. The second-order valence-electron chi connectivity index (χ2n) is 10.9. The highest BCUT2D eigenvalue weighted by atomic mass is 16.6. The molecule has 9 nitrogen and oxygen atoms in total. The third-order valence-electron chi connectivity index (χ3n) is 6.43. The van der Waals surface area contributed by atoms with Gasteiger partial charge in [0.2, 0.25) is 0 Å². The molecule has 0 unspecified atom stereocenters. The van der Waals surface area contributed by atoms with Crippen LogP contribution in [0.3, 0.4) is 0 Å². The van der Waals surface area contributed by atoms with Gasteiger partial charge in [-0.1, -0.05) is 37.3 Å². The van der Waals surface area contributed by atoms with Crippen molar-refractivity contribution in [2.45, 2.75) is 52.4 Å². The Hall–Kier alpha value is -3.98. The van der Waals surface area contributed by atoms with Crippen LogP contribution in [-0.4, -0.2) is 57.9 Å². The van der Waals surface area contributed by atoms with Crippen molar-refractivity contribution in [3.05, 3.63) is 66.6 Å². The summed E-state index contributed by atoms with van der Waals surface area (Å²) in [5.41, 5.74) is 3.46. The maximum atomic E-state index is 13.2. The van der Waals surface area contributed by atoms with Gasteiger partial charge in [-0.25, -0.2) is 9.78 Å². The van der Waals surface area contributed by atoms with E-state index in [-0.39, 0.29) is 17.5 Å². The van der Waals surface area contributed by atoms with Gasteiger partial charge in [0.15, 0.2) is 0 Å². The summed E-state index contributed by atoms with van der Waals surface area (Å²) in [6.45, 7) is 14.0. The minimum Gasteiger partial charge on any atom is -0.444 e. The summed E-state index contributed by atoms with van der Waals surface area (Å²) in [4.78, 5) is 36.4. The fourth-order valence-corrected chi connectivity index (χ4v) is 4.51. The van der Waals surface area contributed by atoms with Crippen LogP contribution in [-0.2, 0) is 4.74 Å². The molecule has 200 valence electrons. The molecule has 1 fully saturated rings. The number of benzene rings is 1. The maximum absolute atomic E-state index is 13.2. The van der Waals surface area contributed by atoms with E-state index in [0.29, 0.717) is 24.3 Å². The van der Waals surface area contributed by atoms with Gasteiger partial charge in [-0.15, -0.1) is 0 Å². The number of anilines is 2. The van der Waals surface area contributed by atoms with Crippen LogP contribution in [0.5, 0.6) is 0 Å². The van der Waals surface area contributed by atoms with Crippen molar-refractivity contribution < 1.29 is 19.4 Å². The number of fused-ring (bicyclic) bond motifs is 1. The molecular formula is C29H35N5O4. The molecule has 1 aromatic carbocycles. The Balaban J connectivity index is 1.54. The number of alkyl carbamates (subject to hydrolysis) is 1. The topological polar surface area (TPSA) is 117 Å². The molecule has 0 spiro atoms. The van der Waals surface area contributed by atoms with E-state index in [1.54, 1.807) is 45.3 Å². The summed E-state index contributed by atoms with van der Waals surface area (Å²) >= 11 is 0. The number of rotatable bonds is 5. The van der Waals surface area contributed by atoms with E-state index >= 15 is 0 Å². The average molecular weight is 518 g/mol. The highest BCUT2D eigenvalue weighted by Crippen LogP contribution is 2.30. The zero-order valence-corrected chi connectivity index (χ0v) is 22.5. The Morgan fingerprint density at radius 2 is 1.89 bits per heavy atom. The number of ether oxygens (including phenoxy) is 1. The predicted molar refractivity (Wildman–Crippen MR) is 149 cm³/mol. The number of piperidine rings is 1. The van der Waals surface area contributed by atoms with Crippen LogP contribution >= 0.6 is 0 Å². The van der Waals surface area contributed by atoms with Gasteiger partial charge in [0, 0.05) is 30.6 Å². The quantitative estimate of drug-likeness (QED) is 0.452. The van der Waals surface area contributed by atoms with Crippen molar-refractivity contribution in [3.63, 3.8) is 0 Å². The Labute approximate surface area is 222 Å². The van der Waals surface area contributed by atoms with Crippen LogP contribution in [0.25, 0.3) is 16.5 Å². The number of hydrogen-bond acceptors (Lipinski definition) is 7. The van der Waals surface area contributed by atoms with Crippen LogP contribution < -0.4 is 15.5 Å². The lowest BCUT2D eigenvalue weighted by atomic mass is 9.92. The van der Waals surface area contributed by atoms with E-state index in [2.05, 4.69) is 27.2 Å². The van der Waals surface area contributed by atoms with Gasteiger partial charge < -0.3 is 25.4 Å². The molecule has 3 N–H and O–H groups in total. The number of amides is 2. The molecule has 0 radical (unpaired) electrons. The minimum absolute atomic E-state index is 0.148. The first-order valence-corrected chi connectivity index (χ1v) is 12.7. The summed E-state index contributed by atoms with van der Waals surface area (Å²) in [5, 5.41) is 17.4. The molecule has 3 aromatic rings. The molecule has 1 saturated heterocycles. The highest BCUT2D eigenvalue weighted by molar-refractivity contribution is 6.05. The maximum Gasteiger partial charge on any atom is 0.408 e. The van der Waals surface area contributed by atoms with E-state index in [9.17, 15) is 14.7 Å². The second kappa shape index (κ2) is 10.8. The van der Waals surface area contributed by atoms with Crippen molar-refractivity contribution in [2.75, 3.05) is 23.3 Å². The van der Waals surface area contributed by atoms with Gasteiger partial charge >= 0.3 is 6.09 Å². The first-order chi connectivity index (χ1) is 17.9. The molecule has 9 heteroatoms. The number of aliphatic hydroxyl groups is 1. The number of carbonyl (C=O) groups excluding carboxylic acids is 2. The molecule has 2 aromatic heterocycles. The van der Waals surface area contributed by atoms with Gasteiger partial charge in [0.05, 0.1) is 35.2 Å². The smallest absolute Gasteiger partial charge is 0.408 e. The summed E-state index contributed by atoms with van der Waals surface area (Å²) in [6.07, 6.45) is 1.89.